The average molecular weight is 517 g/mol. The molecule has 0 aliphatic heterocycles. The third-order valence-corrected chi connectivity index (χ3v) is 5.21. The van der Waals surface area contributed by atoms with Crippen LogP contribution >= 0.6 is 0 Å². The number of hydrogen-bond donors (Lipinski definition) is 6. The van der Waals surface area contributed by atoms with Crippen LogP contribution in [0.15, 0.2) is 0 Å². The van der Waals surface area contributed by atoms with Gasteiger partial charge in [-0.25, -0.2) is 0 Å². The van der Waals surface area contributed by atoms with Crippen molar-refractivity contribution in [2.45, 2.75) is 81.5 Å². The second-order valence-electron chi connectivity index (χ2n) is 8.70. The van der Waals surface area contributed by atoms with Gasteiger partial charge in [0, 0.05) is 0 Å². The molecule has 0 saturated heterocycles. The molecule has 0 heterocycles. The summed E-state index contributed by atoms with van der Waals surface area (Å²) >= 11 is 0. The van der Waals surface area contributed by atoms with Gasteiger partial charge in [0.05, 0.1) is 6.61 Å². The summed E-state index contributed by atoms with van der Waals surface area (Å²) in [6, 6.07) is 0. The van der Waals surface area contributed by atoms with Crippen LogP contribution in [-0.2, 0) is 18.4 Å². The summed E-state index contributed by atoms with van der Waals surface area (Å²) in [5, 5.41) is 54.7. The molecule has 0 amide bonds. The Kier molecular flexibility index (Phi) is 12.6. The van der Waals surface area contributed by atoms with E-state index in [1.165, 1.54) is 19.6 Å². The van der Waals surface area contributed by atoms with Gasteiger partial charge in [0.1, 0.15) is 6.10 Å². The summed E-state index contributed by atoms with van der Waals surface area (Å²) in [4.78, 5) is 20.2. The lowest BCUT2D eigenvalue weighted by Gasteiger charge is -2.42. The molecule has 0 aromatic heterocycles. The number of carbonyl (C=O) groups is 2. The summed E-state index contributed by atoms with van der Waals surface area (Å²) in [5.74, 6) is -12.0. The number of aliphatic hydroxyl groups is 6. The summed E-state index contributed by atoms with van der Waals surface area (Å²) in [6.45, 7) is 8.38. The lowest BCUT2D eigenvalue weighted by molar-refractivity contribution is -0.332. The smallest absolute Gasteiger partial charge is 0.356 e. The van der Waals surface area contributed by atoms with E-state index in [1.54, 1.807) is 19.6 Å². The maximum atomic E-state index is 13.7. The zero-order valence-electron chi connectivity index (χ0n) is 18.5. The Morgan fingerprint density at radius 3 is 1.56 bits per heavy atom. The van der Waals surface area contributed by atoms with E-state index in [9.17, 15) is 42.5 Å². The maximum Gasteiger partial charge on any atom is 0.356 e. The van der Waals surface area contributed by atoms with Crippen LogP contribution in [0.25, 0.3) is 0 Å². The topological polar surface area (TPSA) is 174 Å². The molecule has 10 nitrogen and oxygen atoms in total. The molecule has 0 spiro atoms. The number of carbonyl (C=O) groups excluding carboxylic acids is 2. The molecule has 6 N–H and O–H groups in total. The fourth-order valence-electron chi connectivity index (χ4n) is 1.92. The standard InChI is InChI=1S/C11H24F2O6Si2.C5H8F2O4/c1-20(2,3)18-9(16)8(15)11(17,10(12,13)7-14)19-21(4,5)6;6-5(7,2-9)4(11)3(10)1-8/h7-9,15-17H,1-6H3;2-4,8,10-11H,1H2/t8-,9?,11-;3-,4+/m11/s1. The molecular formula is C16H32F4O10Si2. The lowest BCUT2D eigenvalue weighted by atomic mass is 10.0. The van der Waals surface area contributed by atoms with Crippen molar-refractivity contribution in [1.29, 1.82) is 0 Å². The zero-order valence-corrected chi connectivity index (χ0v) is 20.5. The Hall–Kier alpha value is -0.826. The number of rotatable bonds is 12. The molecule has 1 unspecified atom stereocenters. The molecule has 32 heavy (non-hydrogen) atoms. The Balaban J connectivity index is 0. The van der Waals surface area contributed by atoms with Crippen LogP contribution in [-0.4, -0.2) is 109 Å². The highest BCUT2D eigenvalue weighted by Crippen LogP contribution is 2.36. The number of aliphatic hydroxyl groups excluding tert-OH is 5. The van der Waals surface area contributed by atoms with Gasteiger partial charge in [-0.05, 0) is 39.3 Å². The highest BCUT2D eigenvalue weighted by Gasteiger charge is 2.62. The van der Waals surface area contributed by atoms with Crippen LogP contribution in [0.2, 0.25) is 39.3 Å². The third kappa shape index (κ3) is 10.4. The molecule has 0 aromatic rings. The van der Waals surface area contributed by atoms with Crippen LogP contribution in [0.3, 0.4) is 0 Å². The molecule has 0 saturated carbocycles. The molecule has 192 valence electrons. The average Bonchev–Trinajstić information content (AvgIpc) is 2.63. The normalized spacial score (nSPS) is 19.0. The Bertz CT molecular complexity index is 600. The Morgan fingerprint density at radius 1 is 0.844 bits per heavy atom. The van der Waals surface area contributed by atoms with Gasteiger partial charge in [-0.3, -0.25) is 9.59 Å². The van der Waals surface area contributed by atoms with E-state index in [1.807, 2.05) is 0 Å². The van der Waals surface area contributed by atoms with E-state index in [4.69, 9.17) is 24.2 Å². The molecule has 5 atom stereocenters. The molecule has 0 aliphatic rings. The van der Waals surface area contributed by atoms with Crippen LogP contribution in [0.5, 0.6) is 0 Å². The van der Waals surface area contributed by atoms with Crippen LogP contribution in [0.4, 0.5) is 17.6 Å². The highest BCUT2D eigenvalue weighted by molar-refractivity contribution is 6.70. The van der Waals surface area contributed by atoms with Crippen molar-refractivity contribution >= 4 is 29.2 Å². The minimum Gasteiger partial charge on any atom is -0.394 e. The van der Waals surface area contributed by atoms with E-state index >= 15 is 0 Å². The molecule has 0 aliphatic carbocycles. The first-order valence-electron chi connectivity index (χ1n) is 9.13. The van der Waals surface area contributed by atoms with Crippen LogP contribution < -0.4 is 0 Å². The van der Waals surface area contributed by atoms with E-state index < -0.39 is 78.0 Å². The third-order valence-electron chi connectivity index (χ3n) is 3.34. The largest absolute Gasteiger partial charge is 0.394 e. The Morgan fingerprint density at radius 2 is 1.28 bits per heavy atom. The van der Waals surface area contributed by atoms with E-state index in [0.29, 0.717) is 0 Å². The number of aldehydes is 2. The van der Waals surface area contributed by atoms with Crippen molar-refractivity contribution in [3.8, 4) is 0 Å². The first-order chi connectivity index (χ1) is 14.0. The SMILES string of the molecule is C[Si](C)(C)OC(O)[C@@H](O)[C@@](O)(O[Si](C)(C)C)C(F)(F)C=O.O=CC(F)(F)[C@@H](O)[C@H](O)CO. The van der Waals surface area contributed by atoms with E-state index in [-0.39, 0.29) is 0 Å². The van der Waals surface area contributed by atoms with Gasteiger partial charge in [-0.2, -0.15) is 17.6 Å². The first-order valence-corrected chi connectivity index (χ1v) is 15.9. The predicted molar refractivity (Wildman–Crippen MR) is 107 cm³/mol. The van der Waals surface area contributed by atoms with Gasteiger partial charge < -0.3 is 39.5 Å². The summed E-state index contributed by atoms with van der Waals surface area (Å²) in [7, 11) is -5.18. The molecule has 16 heteroatoms. The first kappa shape index (κ1) is 33.3. The lowest BCUT2D eigenvalue weighted by Crippen LogP contribution is -2.66. The fraction of sp³-hybridized carbons (Fsp3) is 0.875. The van der Waals surface area contributed by atoms with Crippen molar-refractivity contribution < 1.29 is 66.6 Å². The maximum absolute atomic E-state index is 13.7. The number of alkyl halides is 4. The van der Waals surface area contributed by atoms with Crippen molar-refractivity contribution in [2.24, 2.45) is 0 Å². The molecule has 0 radical (unpaired) electrons. The molecule has 0 fully saturated rings. The van der Waals surface area contributed by atoms with Gasteiger partial charge in [0.15, 0.2) is 47.7 Å². The zero-order chi connectivity index (χ0) is 26.3. The van der Waals surface area contributed by atoms with Gasteiger partial charge in [0.2, 0.25) is 0 Å². The van der Waals surface area contributed by atoms with Crippen molar-refractivity contribution in [1.82, 2.24) is 0 Å². The van der Waals surface area contributed by atoms with Gasteiger partial charge in [-0.15, -0.1) is 0 Å². The molecule has 0 aromatic carbocycles. The Labute approximate surface area is 184 Å². The number of halogens is 4. The quantitative estimate of drug-likeness (QED) is 0.0853. The summed E-state index contributed by atoms with van der Waals surface area (Å²) < 4.78 is 61.7. The second-order valence-corrected chi connectivity index (χ2v) is 17.6. The molecule has 0 rings (SSSR count). The minimum atomic E-state index is -4.41. The fourth-order valence-corrected chi connectivity index (χ4v) is 3.97. The predicted octanol–water partition coefficient (Wildman–Crippen LogP) is -0.574. The van der Waals surface area contributed by atoms with Crippen LogP contribution in [0, 0.1) is 0 Å². The highest BCUT2D eigenvalue weighted by atomic mass is 28.4. The minimum absolute atomic E-state index is 0.781. The monoisotopic (exact) mass is 516 g/mol. The van der Waals surface area contributed by atoms with Gasteiger partial charge >= 0.3 is 11.8 Å². The van der Waals surface area contributed by atoms with Gasteiger partial charge in [0.25, 0.3) is 5.79 Å². The van der Waals surface area contributed by atoms with Crippen molar-refractivity contribution in [3.63, 3.8) is 0 Å². The summed E-state index contributed by atoms with van der Waals surface area (Å²) in [5.41, 5.74) is 0. The summed E-state index contributed by atoms with van der Waals surface area (Å²) in [6.07, 6.45) is -10.8. The van der Waals surface area contributed by atoms with Crippen molar-refractivity contribution in [3.05, 3.63) is 0 Å². The van der Waals surface area contributed by atoms with E-state index in [0.717, 1.165) is 0 Å². The van der Waals surface area contributed by atoms with Gasteiger partial charge in [-0.1, -0.05) is 0 Å². The van der Waals surface area contributed by atoms with E-state index in [2.05, 4.69) is 0 Å². The molecular weight excluding hydrogens is 484 g/mol. The van der Waals surface area contributed by atoms with Crippen molar-refractivity contribution in [2.75, 3.05) is 6.61 Å². The second kappa shape index (κ2) is 12.0. The number of hydrogen-bond acceptors (Lipinski definition) is 10. The van der Waals surface area contributed by atoms with Crippen LogP contribution in [0.1, 0.15) is 0 Å². The molecule has 0 bridgehead atoms.